The number of piperazine rings is 1. The number of allylic oxidation sites excluding steroid dienone is 2. The third kappa shape index (κ3) is 4.93. The highest BCUT2D eigenvalue weighted by Crippen LogP contribution is 2.22. The first-order valence-electron chi connectivity index (χ1n) is 9.59. The summed E-state index contributed by atoms with van der Waals surface area (Å²) in [5.41, 5.74) is 1.90. The van der Waals surface area contributed by atoms with Gasteiger partial charge in [0.05, 0.1) is 7.11 Å². The molecule has 1 heterocycles. The number of amides is 1. The zero-order valence-corrected chi connectivity index (χ0v) is 17.0. The summed E-state index contributed by atoms with van der Waals surface area (Å²) in [5, 5.41) is 29.8. The van der Waals surface area contributed by atoms with E-state index in [1.165, 1.54) is 0 Å². The zero-order chi connectivity index (χ0) is 22.2. The molecule has 0 unspecified atom stereocenters. The van der Waals surface area contributed by atoms with Crippen molar-refractivity contribution in [3.63, 3.8) is 0 Å². The summed E-state index contributed by atoms with van der Waals surface area (Å²) >= 11 is 0. The number of methoxy groups -OCH3 is 1. The molecule has 0 spiro atoms. The fourth-order valence-corrected chi connectivity index (χ4v) is 3.27. The van der Waals surface area contributed by atoms with Crippen molar-refractivity contribution in [1.82, 2.24) is 4.90 Å². The Balaban J connectivity index is 1.60. The first-order chi connectivity index (χ1) is 15.1. The fourth-order valence-electron chi connectivity index (χ4n) is 3.27. The van der Waals surface area contributed by atoms with Gasteiger partial charge in [-0.2, -0.15) is 15.8 Å². The summed E-state index contributed by atoms with van der Waals surface area (Å²) in [4.78, 5) is 16.7. The summed E-state index contributed by atoms with van der Waals surface area (Å²) in [5.74, 6) is 0.719. The van der Waals surface area contributed by atoms with E-state index in [0.717, 1.165) is 5.69 Å². The van der Waals surface area contributed by atoms with Gasteiger partial charge in [-0.05, 0) is 48.5 Å². The molecule has 2 aromatic rings. The lowest BCUT2D eigenvalue weighted by Gasteiger charge is -2.36. The summed E-state index contributed by atoms with van der Waals surface area (Å²) in [7, 11) is 1.59. The molecule has 1 N–H and O–H groups in total. The highest BCUT2D eigenvalue weighted by molar-refractivity contribution is 5.94. The summed E-state index contributed by atoms with van der Waals surface area (Å²) in [6.45, 7) is 2.62. The number of benzene rings is 2. The third-order valence-corrected chi connectivity index (χ3v) is 4.99. The van der Waals surface area contributed by atoms with E-state index in [1.807, 2.05) is 23.1 Å². The second kappa shape index (κ2) is 9.82. The van der Waals surface area contributed by atoms with Gasteiger partial charge in [0.25, 0.3) is 5.91 Å². The number of hydrogen-bond acceptors (Lipinski definition) is 7. The van der Waals surface area contributed by atoms with Gasteiger partial charge in [0.2, 0.25) is 0 Å². The number of carbonyl (C=O) groups excluding carboxylic acids is 1. The van der Waals surface area contributed by atoms with E-state index in [-0.39, 0.29) is 17.2 Å². The Morgan fingerprint density at radius 1 is 0.903 bits per heavy atom. The smallest absolute Gasteiger partial charge is 0.253 e. The van der Waals surface area contributed by atoms with Crippen LogP contribution in [-0.2, 0) is 0 Å². The molecule has 1 amide bonds. The van der Waals surface area contributed by atoms with Gasteiger partial charge in [0.1, 0.15) is 29.7 Å². The fraction of sp³-hybridized carbons (Fsp3) is 0.217. The van der Waals surface area contributed by atoms with Crippen molar-refractivity contribution in [3.8, 4) is 24.0 Å². The summed E-state index contributed by atoms with van der Waals surface area (Å²) in [6.07, 6.45) is 0. The van der Waals surface area contributed by atoms with Gasteiger partial charge in [-0.3, -0.25) is 4.79 Å². The van der Waals surface area contributed by atoms with Gasteiger partial charge in [-0.1, -0.05) is 0 Å². The normalized spacial score (nSPS) is 12.7. The molecule has 1 aliphatic rings. The summed E-state index contributed by atoms with van der Waals surface area (Å²) < 4.78 is 5.13. The second-order valence-electron chi connectivity index (χ2n) is 6.77. The maximum atomic E-state index is 12.7. The van der Waals surface area contributed by atoms with Crippen molar-refractivity contribution >= 4 is 17.3 Å². The van der Waals surface area contributed by atoms with Crippen molar-refractivity contribution in [3.05, 3.63) is 65.4 Å². The van der Waals surface area contributed by atoms with E-state index in [4.69, 9.17) is 20.5 Å². The molecule has 0 aliphatic carbocycles. The third-order valence-electron chi connectivity index (χ3n) is 4.99. The average Bonchev–Trinajstić information content (AvgIpc) is 2.84. The Labute approximate surface area is 180 Å². The maximum Gasteiger partial charge on any atom is 0.253 e. The van der Waals surface area contributed by atoms with Crippen LogP contribution in [-0.4, -0.2) is 44.1 Å². The van der Waals surface area contributed by atoms with E-state index in [0.29, 0.717) is 43.2 Å². The molecule has 8 nitrogen and oxygen atoms in total. The van der Waals surface area contributed by atoms with E-state index in [9.17, 15) is 4.79 Å². The Kier molecular flexibility index (Phi) is 6.73. The molecule has 0 atom stereocenters. The Morgan fingerprint density at radius 2 is 1.52 bits per heavy atom. The van der Waals surface area contributed by atoms with Gasteiger partial charge in [0, 0.05) is 43.1 Å². The van der Waals surface area contributed by atoms with Gasteiger partial charge in [-0.15, -0.1) is 0 Å². The number of nitriles is 3. The van der Waals surface area contributed by atoms with Crippen LogP contribution in [0.5, 0.6) is 5.75 Å². The number of ether oxygens (including phenoxy) is 1. The van der Waals surface area contributed by atoms with Crippen LogP contribution in [0.3, 0.4) is 0 Å². The number of hydrogen-bond donors (Lipinski definition) is 1. The Bertz CT molecular complexity index is 1080. The molecule has 1 aliphatic heterocycles. The van der Waals surface area contributed by atoms with Gasteiger partial charge in [0.15, 0.2) is 5.57 Å². The van der Waals surface area contributed by atoms with E-state index >= 15 is 0 Å². The van der Waals surface area contributed by atoms with Gasteiger partial charge in [-0.25, -0.2) is 0 Å². The molecule has 3 rings (SSSR count). The molecule has 154 valence electrons. The maximum absolute atomic E-state index is 12.7. The quantitative estimate of drug-likeness (QED) is 0.751. The van der Waals surface area contributed by atoms with E-state index in [2.05, 4.69) is 10.2 Å². The van der Waals surface area contributed by atoms with Crippen molar-refractivity contribution in [2.75, 3.05) is 43.5 Å². The highest BCUT2D eigenvalue weighted by Gasteiger charge is 2.22. The molecule has 1 fully saturated rings. The van der Waals surface area contributed by atoms with Crippen LogP contribution in [0.15, 0.2) is 59.8 Å². The average molecular weight is 412 g/mol. The molecule has 0 saturated carbocycles. The van der Waals surface area contributed by atoms with Crippen LogP contribution in [0, 0.1) is 34.0 Å². The van der Waals surface area contributed by atoms with Crippen LogP contribution in [0.2, 0.25) is 0 Å². The molecule has 0 aromatic heterocycles. The first-order valence-corrected chi connectivity index (χ1v) is 9.59. The van der Waals surface area contributed by atoms with Crippen LogP contribution in [0.1, 0.15) is 10.4 Å². The molecule has 2 aromatic carbocycles. The summed E-state index contributed by atoms with van der Waals surface area (Å²) in [6, 6.07) is 19.7. The van der Waals surface area contributed by atoms with Crippen molar-refractivity contribution in [2.24, 2.45) is 0 Å². The minimum Gasteiger partial charge on any atom is -0.497 e. The topological polar surface area (TPSA) is 116 Å². The predicted octanol–water partition coefficient (Wildman–Crippen LogP) is 2.89. The minimum atomic E-state index is -0.260. The Morgan fingerprint density at radius 3 is 2.03 bits per heavy atom. The Hall–Kier alpha value is -4.48. The molecular formula is C23H20N6O2. The number of rotatable bonds is 5. The molecule has 0 bridgehead atoms. The van der Waals surface area contributed by atoms with Crippen molar-refractivity contribution < 1.29 is 9.53 Å². The monoisotopic (exact) mass is 412 g/mol. The van der Waals surface area contributed by atoms with Gasteiger partial charge < -0.3 is 19.9 Å². The number of nitrogens with one attached hydrogen (secondary N) is 1. The molecule has 1 saturated heterocycles. The SMILES string of the molecule is COc1ccc(C(=O)N2CCN(c3ccc(NC(C#N)=C(C#N)C#N)cc3)CC2)cc1. The van der Waals surface area contributed by atoms with Crippen LogP contribution < -0.4 is 15.0 Å². The van der Waals surface area contributed by atoms with Crippen molar-refractivity contribution in [1.29, 1.82) is 15.8 Å². The second-order valence-corrected chi connectivity index (χ2v) is 6.77. The lowest BCUT2D eigenvalue weighted by molar-refractivity contribution is 0.0747. The standard InChI is InChI=1S/C23H20N6O2/c1-31-21-8-2-17(3-9-21)23(30)29-12-10-28(11-13-29)20-6-4-19(5-7-20)27-22(16-26)18(14-24)15-25/h2-9,27H,10-13H2,1H3. The zero-order valence-electron chi connectivity index (χ0n) is 17.0. The van der Waals surface area contributed by atoms with Crippen LogP contribution >= 0.6 is 0 Å². The number of anilines is 2. The molecule has 8 heteroatoms. The van der Waals surface area contributed by atoms with Crippen molar-refractivity contribution in [2.45, 2.75) is 0 Å². The van der Waals surface area contributed by atoms with Crippen LogP contribution in [0.25, 0.3) is 0 Å². The van der Waals surface area contributed by atoms with Gasteiger partial charge >= 0.3 is 0 Å². The van der Waals surface area contributed by atoms with E-state index < -0.39 is 0 Å². The first kappa shape index (κ1) is 21.2. The molecule has 0 radical (unpaired) electrons. The highest BCUT2D eigenvalue weighted by atomic mass is 16.5. The predicted molar refractivity (Wildman–Crippen MR) is 115 cm³/mol. The number of carbonyl (C=O) groups is 1. The van der Waals surface area contributed by atoms with E-state index in [1.54, 1.807) is 55.6 Å². The molecule has 31 heavy (non-hydrogen) atoms. The lowest BCUT2D eigenvalue weighted by Crippen LogP contribution is -2.48. The lowest BCUT2D eigenvalue weighted by atomic mass is 10.1. The molecular weight excluding hydrogens is 392 g/mol. The minimum absolute atomic E-state index is 0.00320. The largest absolute Gasteiger partial charge is 0.497 e. The number of nitrogens with zero attached hydrogens (tertiary/aromatic N) is 5. The van der Waals surface area contributed by atoms with Crippen LogP contribution in [0.4, 0.5) is 11.4 Å².